The van der Waals surface area contributed by atoms with E-state index in [0.29, 0.717) is 11.3 Å². The summed E-state index contributed by atoms with van der Waals surface area (Å²) in [6.45, 7) is 0.242. The molecule has 1 fully saturated rings. The first-order chi connectivity index (χ1) is 18.6. The average Bonchev–Trinajstić information content (AvgIpc) is 3.69. The molecule has 3 aromatic carbocycles. The number of amides is 3. The van der Waals surface area contributed by atoms with Crippen molar-refractivity contribution in [2.24, 2.45) is 0 Å². The minimum atomic E-state index is -4.81. The van der Waals surface area contributed by atoms with Gasteiger partial charge in [-0.1, -0.05) is 42.5 Å². The molecule has 3 aromatic rings. The van der Waals surface area contributed by atoms with E-state index in [1.54, 1.807) is 29.2 Å². The van der Waals surface area contributed by atoms with E-state index in [0.717, 1.165) is 29.7 Å². The van der Waals surface area contributed by atoms with Gasteiger partial charge in [-0.05, 0) is 53.9 Å². The van der Waals surface area contributed by atoms with E-state index in [4.69, 9.17) is 5.11 Å². The van der Waals surface area contributed by atoms with Crippen LogP contribution in [0.15, 0.2) is 78.9 Å². The number of urea groups is 1. The van der Waals surface area contributed by atoms with Gasteiger partial charge in [0.2, 0.25) is 0 Å². The molecule has 0 aliphatic heterocycles. The summed E-state index contributed by atoms with van der Waals surface area (Å²) < 4.78 is 41.2. The SMILES string of the molecule is O=C(O)CCNC(=O)c1ccc(CN(C(=O)Nc2ccc(OC(F)(F)F)cc2)C2CC2c2ccccc2)cc1. The molecule has 2 unspecified atom stereocenters. The van der Waals surface area contributed by atoms with Gasteiger partial charge in [-0.25, -0.2) is 4.79 Å². The number of nitrogens with one attached hydrogen (secondary N) is 2. The van der Waals surface area contributed by atoms with Crippen molar-refractivity contribution >= 4 is 23.6 Å². The van der Waals surface area contributed by atoms with Crippen molar-refractivity contribution < 1.29 is 37.4 Å². The molecule has 39 heavy (non-hydrogen) atoms. The molecule has 2 atom stereocenters. The van der Waals surface area contributed by atoms with Crippen LogP contribution in [0.1, 0.15) is 40.2 Å². The minimum Gasteiger partial charge on any atom is -0.481 e. The third-order valence-electron chi connectivity index (χ3n) is 6.18. The standard InChI is InChI=1S/C28H26F3N3O5/c29-28(30,31)39-22-12-10-21(11-13-22)33-27(38)34(24-16-23(24)19-4-2-1-3-5-19)17-18-6-8-20(9-7-18)26(37)32-15-14-25(35)36/h1-13,23-24H,14-17H2,(H,32,37)(H,33,38)(H,35,36). The monoisotopic (exact) mass is 541 g/mol. The highest BCUT2D eigenvalue weighted by Crippen LogP contribution is 2.45. The Labute approximate surface area is 222 Å². The van der Waals surface area contributed by atoms with Crippen LogP contribution < -0.4 is 15.4 Å². The zero-order valence-electron chi connectivity index (χ0n) is 20.6. The van der Waals surface area contributed by atoms with E-state index in [9.17, 15) is 27.6 Å². The van der Waals surface area contributed by atoms with E-state index in [1.165, 1.54) is 12.1 Å². The van der Waals surface area contributed by atoms with Crippen LogP contribution in [0.2, 0.25) is 0 Å². The second-order valence-corrected chi connectivity index (χ2v) is 9.05. The number of nitrogens with zero attached hydrogens (tertiary/aromatic N) is 1. The molecule has 3 N–H and O–H groups in total. The Morgan fingerprint density at radius 1 is 0.949 bits per heavy atom. The molecule has 0 saturated heterocycles. The van der Waals surface area contributed by atoms with Crippen molar-refractivity contribution in [2.45, 2.75) is 37.7 Å². The minimum absolute atomic E-state index is 0.00965. The number of carboxylic acids is 1. The van der Waals surface area contributed by atoms with Gasteiger partial charge in [0.1, 0.15) is 5.75 Å². The Balaban J connectivity index is 1.45. The predicted octanol–water partition coefficient (Wildman–Crippen LogP) is 5.38. The maximum atomic E-state index is 13.3. The van der Waals surface area contributed by atoms with Crippen molar-refractivity contribution in [1.29, 1.82) is 0 Å². The number of hydrogen-bond donors (Lipinski definition) is 3. The van der Waals surface area contributed by atoms with Crippen molar-refractivity contribution in [3.8, 4) is 5.75 Å². The van der Waals surface area contributed by atoms with E-state index < -0.39 is 30.0 Å². The van der Waals surface area contributed by atoms with Gasteiger partial charge in [0.15, 0.2) is 0 Å². The van der Waals surface area contributed by atoms with Crippen molar-refractivity contribution in [1.82, 2.24) is 10.2 Å². The largest absolute Gasteiger partial charge is 0.573 e. The van der Waals surface area contributed by atoms with E-state index in [-0.39, 0.29) is 31.5 Å². The molecule has 0 spiro atoms. The summed E-state index contributed by atoms with van der Waals surface area (Å²) in [4.78, 5) is 37.9. The van der Waals surface area contributed by atoms with Crippen LogP contribution in [0.3, 0.4) is 0 Å². The summed E-state index contributed by atoms with van der Waals surface area (Å²) in [7, 11) is 0. The molecular formula is C28H26F3N3O5. The fourth-order valence-corrected chi connectivity index (χ4v) is 4.20. The number of carbonyl (C=O) groups excluding carboxylic acids is 2. The first-order valence-corrected chi connectivity index (χ1v) is 12.2. The molecule has 8 nitrogen and oxygen atoms in total. The zero-order valence-corrected chi connectivity index (χ0v) is 20.6. The highest BCUT2D eigenvalue weighted by Gasteiger charge is 2.44. The van der Waals surface area contributed by atoms with Crippen LogP contribution in [0.4, 0.5) is 23.7 Å². The summed E-state index contributed by atoms with van der Waals surface area (Å²) >= 11 is 0. The Morgan fingerprint density at radius 2 is 1.62 bits per heavy atom. The van der Waals surface area contributed by atoms with E-state index in [2.05, 4.69) is 15.4 Å². The highest BCUT2D eigenvalue weighted by molar-refractivity contribution is 5.94. The van der Waals surface area contributed by atoms with Crippen molar-refractivity contribution in [2.75, 3.05) is 11.9 Å². The average molecular weight is 542 g/mol. The number of carbonyl (C=O) groups is 3. The van der Waals surface area contributed by atoms with Gasteiger partial charge in [-0.15, -0.1) is 13.2 Å². The van der Waals surface area contributed by atoms with Crippen LogP contribution in [-0.2, 0) is 11.3 Å². The lowest BCUT2D eigenvalue weighted by Gasteiger charge is -2.24. The number of benzene rings is 3. The molecule has 204 valence electrons. The van der Waals surface area contributed by atoms with Crippen LogP contribution in [-0.4, -0.2) is 46.9 Å². The molecule has 11 heteroatoms. The number of carboxylic acid groups (broad SMARTS) is 1. The van der Waals surface area contributed by atoms with Crippen molar-refractivity contribution in [3.63, 3.8) is 0 Å². The van der Waals surface area contributed by atoms with Gasteiger partial charge in [-0.3, -0.25) is 9.59 Å². The van der Waals surface area contributed by atoms with Gasteiger partial charge < -0.3 is 25.4 Å². The van der Waals surface area contributed by atoms with Gasteiger partial charge in [-0.2, -0.15) is 0 Å². The second-order valence-electron chi connectivity index (χ2n) is 9.05. The fourth-order valence-electron chi connectivity index (χ4n) is 4.20. The summed E-state index contributed by atoms with van der Waals surface area (Å²) in [5.41, 5.74) is 2.53. The molecule has 0 heterocycles. The molecular weight excluding hydrogens is 515 g/mol. The normalized spacial score (nSPS) is 16.2. The molecule has 1 aliphatic carbocycles. The van der Waals surface area contributed by atoms with Crippen molar-refractivity contribution in [3.05, 3.63) is 95.6 Å². The number of halogens is 3. The highest BCUT2D eigenvalue weighted by atomic mass is 19.4. The third kappa shape index (κ3) is 7.97. The third-order valence-corrected chi connectivity index (χ3v) is 6.18. The quantitative estimate of drug-likeness (QED) is 0.320. The summed E-state index contributed by atoms with van der Waals surface area (Å²) in [6, 6.07) is 20.8. The molecule has 4 rings (SSSR count). The predicted molar refractivity (Wildman–Crippen MR) is 136 cm³/mol. The Bertz CT molecular complexity index is 1300. The molecule has 1 aliphatic rings. The molecule has 1 saturated carbocycles. The number of aliphatic carboxylic acids is 1. The van der Waals surface area contributed by atoms with Gasteiger partial charge in [0.05, 0.1) is 6.42 Å². The van der Waals surface area contributed by atoms with Gasteiger partial charge in [0, 0.05) is 36.3 Å². The fraction of sp³-hybridized carbons (Fsp3) is 0.250. The topological polar surface area (TPSA) is 108 Å². The Hall–Kier alpha value is -4.54. The molecule has 0 radical (unpaired) electrons. The first kappa shape index (κ1) is 27.5. The number of hydrogen-bond acceptors (Lipinski definition) is 4. The van der Waals surface area contributed by atoms with E-state index in [1.807, 2.05) is 30.3 Å². The van der Waals surface area contributed by atoms with Crippen LogP contribution in [0.5, 0.6) is 5.75 Å². The maximum Gasteiger partial charge on any atom is 0.573 e. The first-order valence-electron chi connectivity index (χ1n) is 12.2. The van der Waals surface area contributed by atoms with Crippen LogP contribution in [0, 0.1) is 0 Å². The molecule has 3 amide bonds. The second kappa shape index (κ2) is 11.9. The summed E-state index contributed by atoms with van der Waals surface area (Å²) in [5.74, 6) is -1.67. The number of alkyl halides is 3. The lowest BCUT2D eigenvalue weighted by atomic mass is 10.1. The Morgan fingerprint density at radius 3 is 2.23 bits per heavy atom. The zero-order chi connectivity index (χ0) is 28.0. The van der Waals surface area contributed by atoms with E-state index >= 15 is 0 Å². The number of anilines is 1. The Kier molecular flexibility index (Phi) is 8.38. The smallest absolute Gasteiger partial charge is 0.481 e. The lowest BCUT2D eigenvalue weighted by molar-refractivity contribution is -0.274. The summed E-state index contributed by atoms with van der Waals surface area (Å²) in [6.07, 6.45) is -4.25. The van der Waals surface area contributed by atoms with Gasteiger partial charge in [0.25, 0.3) is 5.91 Å². The number of rotatable bonds is 10. The molecule has 0 aromatic heterocycles. The lowest BCUT2D eigenvalue weighted by Crippen LogP contribution is -2.37. The van der Waals surface area contributed by atoms with Crippen LogP contribution in [0.25, 0.3) is 0 Å². The van der Waals surface area contributed by atoms with Crippen LogP contribution >= 0.6 is 0 Å². The maximum absolute atomic E-state index is 13.3. The number of ether oxygens (including phenoxy) is 1. The van der Waals surface area contributed by atoms with Gasteiger partial charge >= 0.3 is 18.4 Å². The molecule has 0 bridgehead atoms. The summed E-state index contributed by atoms with van der Waals surface area (Å²) in [5, 5.41) is 14.0.